The highest BCUT2D eigenvalue weighted by Crippen LogP contribution is 2.34. The number of benzene rings is 2. The van der Waals surface area contributed by atoms with Crippen molar-refractivity contribution in [2.24, 2.45) is 5.92 Å². The van der Waals surface area contributed by atoms with E-state index in [1.165, 1.54) is 4.90 Å². The third-order valence-electron chi connectivity index (χ3n) is 5.77. The number of nitrogens with one attached hydrogen (secondary N) is 2. The average Bonchev–Trinajstić information content (AvgIpc) is 3.55. The van der Waals surface area contributed by atoms with Crippen LogP contribution < -0.4 is 20.1 Å². The highest BCUT2D eigenvalue weighted by atomic mass is 32.1. The Morgan fingerprint density at radius 2 is 1.69 bits per heavy atom. The molecule has 36 heavy (non-hydrogen) atoms. The molecule has 3 heterocycles. The lowest BCUT2D eigenvalue weighted by molar-refractivity contribution is -0.121. The molecule has 186 valence electrons. The molecule has 1 fully saturated rings. The molecule has 2 aliphatic heterocycles. The zero-order chi connectivity index (χ0) is 25.2. The van der Waals surface area contributed by atoms with Gasteiger partial charge in [0.1, 0.15) is 11.6 Å². The molecule has 2 aliphatic rings. The molecule has 3 amide bonds. The van der Waals surface area contributed by atoms with Gasteiger partial charge in [0.15, 0.2) is 11.5 Å². The van der Waals surface area contributed by atoms with E-state index in [1.807, 2.05) is 0 Å². The number of halogens is 2. The molecular formula is C23H19F2N5O5S. The zero-order valence-corrected chi connectivity index (χ0v) is 19.4. The minimum Gasteiger partial charge on any atom is -0.454 e. The van der Waals surface area contributed by atoms with Gasteiger partial charge >= 0.3 is 0 Å². The fraction of sp³-hybridized carbons (Fsp3) is 0.261. The summed E-state index contributed by atoms with van der Waals surface area (Å²) < 4.78 is 37.4. The van der Waals surface area contributed by atoms with E-state index >= 15 is 0 Å². The first-order valence-corrected chi connectivity index (χ1v) is 11.8. The summed E-state index contributed by atoms with van der Waals surface area (Å²) >= 11 is 0.866. The van der Waals surface area contributed by atoms with Crippen molar-refractivity contribution in [1.82, 2.24) is 15.1 Å². The molecular weight excluding hydrogens is 496 g/mol. The largest absolute Gasteiger partial charge is 0.454 e. The van der Waals surface area contributed by atoms with Crippen molar-refractivity contribution in [1.29, 1.82) is 0 Å². The summed E-state index contributed by atoms with van der Waals surface area (Å²) in [6, 6.07) is 7.87. The monoisotopic (exact) mass is 515 g/mol. The summed E-state index contributed by atoms with van der Waals surface area (Å²) in [5, 5.41) is 12.9. The number of nitrogens with zero attached hydrogens (tertiary/aromatic N) is 3. The van der Waals surface area contributed by atoms with Crippen molar-refractivity contribution in [2.75, 3.05) is 30.5 Å². The second kappa shape index (κ2) is 9.85. The Morgan fingerprint density at radius 3 is 2.47 bits per heavy atom. The van der Waals surface area contributed by atoms with Crippen molar-refractivity contribution >= 4 is 40.4 Å². The van der Waals surface area contributed by atoms with Crippen LogP contribution in [0.2, 0.25) is 0 Å². The summed E-state index contributed by atoms with van der Waals surface area (Å²) in [6.45, 7) is 0.672. The Kier molecular flexibility index (Phi) is 6.46. The molecule has 2 N–H and O–H groups in total. The molecule has 1 aromatic heterocycles. The summed E-state index contributed by atoms with van der Waals surface area (Å²) in [5.74, 6) is -2.23. The van der Waals surface area contributed by atoms with E-state index in [0.29, 0.717) is 36.1 Å². The first-order valence-electron chi connectivity index (χ1n) is 11.0. The van der Waals surface area contributed by atoms with Gasteiger partial charge in [0.05, 0.1) is 5.69 Å². The maximum atomic E-state index is 13.8. The minimum atomic E-state index is -0.856. The number of carbonyl (C=O) groups excluding carboxylic acids is 3. The number of hydrogen-bond donors (Lipinski definition) is 2. The van der Waals surface area contributed by atoms with Gasteiger partial charge in [0.2, 0.25) is 22.7 Å². The van der Waals surface area contributed by atoms with Gasteiger partial charge < -0.3 is 25.0 Å². The second-order valence-corrected chi connectivity index (χ2v) is 9.09. The van der Waals surface area contributed by atoms with Gasteiger partial charge in [-0.05, 0) is 37.1 Å². The highest BCUT2D eigenvalue weighted by molar-refractivity contribution is 7.15. The average molecular weight is 515 g/mol. The topological polar surface area (TPSA) is 123 Å². The molecule has 10 nitrogen and oxygen atoms in total. The van der Waals surface area contributed by atoms with Crippen LogP contribution >= 0.6 is 11.3 Å². The molecule has 0 bridgehead atoms. The van der Waals surface area contributed by atoms with Crippen LogP contribution in [0.15, 0.2) is 36.4 Å². The molecule has 0 spiro atoms. The maximum Gasteiger partial charge on any atom is 0.286 e. The van der Waals surface area contributed by atoms with E-state index < -0.39 is 35.3 Å². The van der Waals surface area contributed by atoms with Gasteiger partial charge in [0, 0.05) is 36.8 Å². The fourth-order valence-corrected chi connectivity index (χ4v) is 4.57. The normalized spacial score (nSPS) is 15.0. The van der Waals surface area contributed by atoms with Crippen LogP contribution in [0.1, 0.15) is 32.4 Å². The van der Waals surface area contributed by atoms with Crippen LogP contribution in [0.4, 0.5) is 20.2 Å². The van der Waals surface area contributed by atoms with E-state index in [1.54, 1.807) is 18.2 Å². The highest BCUT2D eigenvalue weighted by Gasteiger charge is 2.30. The number of rotatable bonds is 5. The Balaban J connectivity index is 1.15. The molecule has 13 heteroatoms. The standard InChI is InChI=1S/C23H19F2N5O5S/c24-13-1-3-16(15(25)9-13)27-19(31)12-5-7-30(8-6-12)23(33)22-29-28-21(36-22)20(32)26-14-2-4-17-18(10-14)35-11-34-17/h1-4,9-10,12H,5-8,11H2,(H,26,32)(H,27,31). The number of likely N-dealkylation sites (tertiary alicyclic amines) is 1. The number of fused-ring (bicyclic) bond motifs is 1. The molecule has 2 aromatic carbocycles. The maximum absolute atomic E-state index is 13.8. The Labute approximate surface area is 207 Å². The van der Waals surface area contributed by atoms with Gasteiger partial charge in [-0.3, -0.25) is 14.4 Å². The van der Waals surface area contributed by atoms with E-state index in [-0.39, 0.29) is 35.6 Å². The molecule has 0 saturated carbocycles. The van der Waals surface area contributed by atoms with Crippen LogP contribution in [0.3, 0.4) is 0 Å². The SMILES string of the molecule is O=C(Nc1ccc2c(c1)OCO2)c1nnc(C(=O)N2CCC(C(=O)Nc3ccc(F)cc3F)CC2)s1. The molecule has 5 rings (SSSR count). The lowest BCUT2D eigenvalue weighted by atomic mass is 9.95. The second-order valence-electron chi connectivity index (χ2n) is 8.11. The first-order chi connectivity index (χ1) is 17.4. The van der Waals surface area contributed by atoms with Crippen molar-refractivity contribution < 1.29 is 32.6 Å². The molecule has 0 radical (unpaired) electrons. The van der Waals surface area contributed by atoms with Gasteiger partial charge in [-0.2, -0.15) is 0 Å². The smallest absolute Gasteiger partial charge is 0.286 e. The Morgan fingerprint density at radius 1 is 0.944 bits per heavy atom. The minimum absolute atomic E-state index is 0.0200. The van der Waals surface area contributed by atoms with Gasteiger partial charge in [-0.1, -0.05) is 11.3 Å². The first kappa shape index (κ1) is 23.6. The predicted molar refractivity (Wildman–Crippen MR) is 124 cm³/mol. The molecule has 0 aliphatic carbocycles. The molecule has 0 unspecified atom stereocenters. The van der Waals surface area contributed by atoms with Crippen molar-refractivity contribution in [2.45, 2.75) is 12.8 Å². The summed E-state index contributed by atoms with van der Waals surface area (Å²) in [6.07, 6.45) is 0.716. The quantitative estimate of drug-likeness (QED) is 0.535. The van der Waals surface area contributed by atoms with Gasteiger partial charge in [-0.25, -0.2) is 8.78 Å². The number of carbonyl (C=O) groups is 3. The van der Waals surface area contributed by atoms with Crippen molar-refractivity contribution in [3.63, 3.8) is 0 Å². The number of aromatic nitrogens is 2. The summed E-state index contributed by atoms with van der Waals surface area (Å²) in [4.78, 5) is 39.4. The third-order valence-corrected chi connectivity index (χ3v) is 6.68. The van der Waals surface area contributed by atoms with Crippen LogP contribution in [-0.4, -0.2) is 52.7 Å². The summed E-state index contributed by atoms with van der Waals surface area (Å²) in [7, 11) is 0. The van der Waals surface area contributed by atoms with E-state index in [9.17, 15) is 23.2 Å². The Bertz CT molecular complexity index is 1340. The van der Waals surface area contributed by atoms with Crippen LogP contribution in [0.25, 0.3) is 0 Å². The molecule has 0 atom stereocenters. The zero-order valence-electron chi connectivity index (χ0n) is 18.6. The molecule has 1 saturated heterocycles. The lowest BCUT2D eigenvalue weighted by Crippen LogP contribution is -2.41. The number of amides is 3. The summed E-state index contributed by atoms with van der Waals surface area (Å²) in [5.41, 5.74) is 0.383. The van der Waals surface area contributed by atoms with Crippen molar-refractivity contribution in [3.05, 3.63) is 58.0 Å². The number of ether oxygens (including phenoxy) is 2. The van der Waals surface area contributed by atoms with E-state index in [2.05, 4.69) is 20.8 Å². The van der Waals surface area contributed by atoms with Crippen LogP contribution in [-0.2, 0) is 4.79 Å². The lowest BCUT2D eigenvalue weighted by Gasteiger charge is -2.30. The Hall–Kier alpha value is -4.13. The number of anilines is 2. The van der Waals surface area contributed by atoms with Crippen LogP contribution in [0, 0.1) is 17.6 Å². The van der Waals surface area contributed by atoms with Gasteiger partial charge in [-0.15, -0.1) is 10.2 Å². The number of hydrogen-bond acceptors (Lipinski definition) is 8. The van der Waals surface area contributed by atoms with E-state index in [4.69, 9.17) is 9.47 Å². The molecule has 3 aromatic rings. The van der Waals surface area contributed by atoms with E-state index in [0.717, 1.165) is 23.5 Å². The number of piperidine rings is 1. The fourth-order valence-electron chi connectivity index (χ4n) is 3.87. The van der Waals surface area contributed by atoms with Crippen LogP contribution in [0.5, 0.6) is 11.5 Å². The third kappa shape index (κ3) is 4.96. The van der Waals surface area contributed by atoms with Gasteiger partial charge in [0.25, 0.3) is 11.8 Å². The predicted octanol–water partition coefficient (Wildman–Crippen LogP) is 3.29. The van der Waals surface area contributed by atoms with Crippen molar-refractivity contribution in [3.8, 4) is 11.5 Å².